The average molecular weight is 536 g/mol. The van der Waals surface area contributed by atoms with Crippen LogP contribution in [0.1, 0.15) is 29.1 Å². The van der Waals surface area contributed by atoms with E-state index in [9.17, 15) is 13.2 Å². The number of hydrogen-bond donors (Lipinski definition) is 1. The number of hydrogen-bond acceptors (Lipinski definition) is 7. The van der Waals surface area contributed by atoms with Gasteiger partial charge in [0.15, 0.2) is 9.84 Å². The van der Waals surface area contributed by atoms with Crippen LogP contribution >= 0.6 is 34.5 Å². The number of ether oxygens (including phenoxy) is 1. The average Bonchev–Trinajstić information content (AvgIpc) is 3.18. The maximum Gasteiger partial charge on any atom is 0.265 e. The van der Waals surface area contributed by atoms with Gasteiger partial charge in [0.2, 0.25) is 11.8 Å². The van der Waals surface area contributed by atoms with E-state index in [0.29, 0.717) is 21.2 Å². The zero-order chi connectivity index (χ0) is 24.7. The smallest absolute Gasteiger partial charge is 0.265 e. The van der Waals surface area contributed by atoms with Gasteiger partial charge in [0.05, 0.1) is 14.6 Å². The van der Waals surface area contributed by atoms with Crippen LogP contribution in [0.4, 0.5) is 5.69 Å². The zero-order valence-electron chi connectivity index (χ0n) is 18.3. The molecule has 0 radical (unpaired) electrons. The summed E-state index contributed by atoms with van der Waals surface area (Å²) >= 11 is 13.2. The highest BCUT2D eigenvalue weighted by Crippen LogP contribution is 2.34. The Hall–Kier alpha value is -2.72. The van der Waals surface area contributed by atoms with Crippen molar-refractivity contribution in [1.82, 2.24) is 9.97 Å². The quantitative estimate of drug-likeness (QED) is 0.290. The molecule has 0 spiro atoms. The number of benzene rings is 1. The summed E-state index contributed by atoms with van der Waals surface area (Å²) in [5, 5.41) is 4.18. The number of halogens is 2. The van der Waals surface area contributed by atoms with Crippen molar-refractivity contribution < 1.29 is 17.9 Å². The van der Waals surface area contributed by atoms with Crippen LogP contribution in [0.15, 0.2) is 54.7 Å². The minimum absolute atomic E-state index is 0.130. The van der Waals surface area contributed by atoms with Crippen molar-refractivity contribution in [2.45, 2.75) is 18.6 Å². The number of nitrogens with one attached hydrogen (secondary N) is 1. The largest absolute Gasteiger partial charge is 0.421 e. The van der Waals surface area contributed by atoms with E-state index >= 15 is 0 Å². The number of carbonyl (C=O) groups is 1. The Morgan fingerprint density at radius 2 is 1.82 bits per heavy atom. The summed E-state index contributed by atoms with van der Waals surface area (Å²) in [4.78, 5) is 21.5. The highest BCUT2D eigenvalue weighted by atomic mass is 35.5. The van der Waals surface area contributed by atoms with E-state index < -0.39 is 14.6 Å². The molecule has 1 N–H and O–H groups in total. The third-order valence-electron chi connectivity index (χ3n) is 5.30. The maximum absolute atomic E-state index is 12.9. The molecule has 0 unspecified atom stereocenters. The van der Waals surface area contributed by atoms with Crippen LogP contribution in [0.25, 0.3) is 10.1 Å². The van der Waals surface area contributed by atoms with E-state index in [-0.39, 0.29) is 22.8 Å². The Balaban J connectivity index is 1.57. The van der Waals surface area contributed by atoms with E-state index in [1.165, 1.54) is 35.9 Å². The molecule has 1 aromatic carbocycles. The monoisotopic (exact) mass is 535 g/mol. The first-order valence-electron chi connectivity index (χ1n) is 9.94. The molecule has 0 aliphatic rings. The number of thiophene rings is 1. The minimum Gasteiger partial charge on any atom is -0.421 e. The van der Waals surface area contributed by atoms with Gasteiger partial charge in [0.1, 0.15) is 5.15 Å². The first kappa shape index (κ1) is 24.4. The van der Waals surface area contributed by atoms with Crippen LogP contribution in [0.5, 0.6) is 11.8 Å². The third-order valence-corrected chi connectivity index (χ3v) is 8.92. The SMILES string of the molecule is CC(C)(c1ccc2sc(C(=O)Nc3cc(Cl)nc(Oc4ccc(Cl)cn4)c3)cc2c1)S(C)(=O)=O. The lowest BCUT2D eigenvalue weighted by atomic mass is 10.0. The lowest BCUT2D eigenvalue weighted by Gasteiger charge is -2.23. The number of sulfone groups is 1. The van der Waals surface area contributed by atoms with Crippen molar-refractivity contribution in [3.05, 3.63) is 75.3 Å². The normalized spacial score (nSPS) is 12.0. The Morgan fingerprint density at radius 1 is 1.06 bits per heavy atom. The van der Waals surface area contributed by atoms with Crippen LogP contribution in [0, 0.1) is 0 Å². The molecule has 11 heteroatoms. The predicted molar refractivity (Wildman–Crippen MR) is 136 cm³/mol. The van der Waals surface area contributed by atoms with Crippen LogP contribution in [-0.4, -0.2) is 30.5 Å². The number of amides is 1. The summed E-state index contributed by atoms with van der Waals surface area (Å²) in [6.45, 7) is 3.33. The summed E-state index contributed by atoms with van der Waals surface area (Å²) in [6, 6.07) is 13.4. The highest BCUT2D eigenvalue weighted by Gasteiger charge is 2.32. The standard InChI is InChI=1S/C23H19Cl2N3O4S2/c1-23(2,34(3,30)31)14-4-6-17-13(8-14)9-18(33-17)22(29)27-16-10-19(25)28-21(11-16)32-20-7-5-15(24)12-26-20/h4-12H,1-3H3,(H,27,28,29). The number of anilines is 1. The number of nitrogens with zero attached hydrogens (tertiary/aromatic N) is 2. The van der Waals surface area contributed by atoms with Crippen LogP contribution in [0.2, 0.25) is 10.2 Å². The van der Waals surface area contributed by atoms with Crippen LogP contribution < -0.4 is 10.1 Å². The molecule has 0 atom stereocenters. The summed E-state index contributed by atoms with van der Waals surface area (Å²) in [6.07, 6.45) is 2.65. The van der Waals surface area contributed by atoms with Crippen LogP contribution in [-0.2, 0) is 14.6 Å². The lowest BCUT2D eigenvalue weighted by molar-refractivity contribution is 0.103. The molecule has 0 saturated carbocycles. The predicted octanol–water partition coefficient (Wildman–Crippen LogP) is 6.32. The van der Waals surface area contributed by atoms with E-state index in [1.807, 2.05) is 6.07 Å². The number of rotatable bonds is 6. The summed E-state index contributed by atoms with van der Waals surface area (Å²) in [7, 11) is -3.32. The van der Waals surface area contributed by atoms with Crippen molar-refractivity contribution in [3.63, 3.8) is 0 Å². The van der Waals surface area contributed by atoms with Gasteiger partial charge in [-0.1, -0.05) is 29.3 Å². The second-order valence-electron chi connectivity index (χ2n) is 8.03. The van der Waals surface area contributed by atoms with Crippen molar-refractivity contribution in [2.24, 2.45) is 0 Å². The van der Waals surface area contributed by atoms with E-state index in [2.05, 4.69) is 15.3 Å². The van der Waals surface area contributed by atoms with Gasteiger partial charge in [-0.2, -0.15) is 0 Å². The Kier molecular flexibility index (Phi) is 6.56. The summed E-state index contributed by atoms with van der Waals surface area (Å²) in [5.74, 6) is 0.0818. The second-order valence-corrected chi connectivity index (χ2v) is 12.5. The fourth-order valence-corrected chi connectivity index (χ4v) is 4.87. The first-order chi connectivity index (χ1) is 15.9. The molecule has 7 nitrogen and oxygen atoms in total. The molecule has 0 fully saturated rings. The van der Waals surface area contributed by atoms with Gasteiger partial charge in [-0.15, -0.1) is 11.3 Å². The Bertz CT molecular complexity index is 1500. The topological polar surface area (TPSA) is 98.2 Å². The lowest BCUT2D eigenvalue weighted by Crippen LogP contribution is -2.27. The molecule has 4 rings (SSSR count). The summed E-state index contributed by atoms with van der Waals surface area (Å²) in [5.41, 5.74) is 1.05. The summed E-state index contributed by atoms with van der Waals surface area (Å²) < 4.78 is 29.8. The number of carbonyl (C=O) groups excluding carboxylic acids is 1. The van der Waals surface area contributed by atoms with Crippen molar-refractivity contribution in [2.75, 3.05) is 11.6 Å². The first-order valence-corrected chi connectivity index (χ1v) is 13.4. The minimum atomic E-state index is -3.32. The van der Waals surface area contributed by atoms with Gasteiger partial charge >= 0.3 is 0 Å². The molecule has 3 aromatic heterocycles. The van der Waals surface area contributed by atoms with Gasteiger partial charge in [0, 0.05) is 35.0 Å². The maximum atomic E-state index is 12.9. The molecule has 0 aliphatic carbocycles. The molecule has 4 aromatic rings. The van der Waals surface area contributed by atoms with Gasteiger partial charge in [-0.25, -0.2) is 18.4 Å². The highest BCUT2D eigenvalue weighted by molar-refractivity contribution is 7.91. The molecular weight excluding hydrogens is 517 g/mol. The molecule has 3 heterocycles. The van der Waals surface area contributed by atoms with Gasteiger partial charge in [0.25, 0.3) is 5.91 Å². The molecular formula is C23H19Cl2N3O4S2. The number of fused-ring (bicyclic) bond motifs is 1. The number of aromatic nitrogens is 2. The van der Waals surface area contributed by atoms with Crippen molar-refractivity contribution in [3.8, 4) is 11.8 Å². The molecule has 0 aliphatic heterocycles. The number of pyridine rings is 2. The van der Waals surface area contributed by atoms with E-state index in [4.69, 9.17) is 27.9 Å². The zero-order valence-corrected chi connectivity index (χ0v) is 21.4. The fourth-order valence-electron chi connectivity index (χ4n) is 3.06. The van der Waals surface area contributed by atoms with Crippen LogP contribution in [0.3, 0.4) is 0 Å². The van der Waals surface area contributed by atoms with E-state index in [1.54, 1.807) is 44.2 Å². The molecule has 0 saturated heterocycles. The van der Waals surface area contributed by atoms with Gasteiger partial charge in [-0.05, 0) is 55.1 Å². The molecule has 1 amide bonds. The second kappa shape index (κ2) is 9.14. The van der Waals surface area contributed by atoms with Crippen molar-refractivity contribution in [1.29, 1.82) is 0 Å². The fraction of sp³-hybridized carbons (Fsp3) is 0.174. The van der Waals surface area contributed by atoms with E-state index in [0.717, 1.165) is 10.1 Å². The van der Waals surface area contributed by atoms with Crippen molar-refractivity contribution >= 4 is 66.1 Å². The molecule has 34 heavy (non-hydrogen) atoms. The third kappa shape index (κ3) is 5.17. The Labute approximate surface area is 210 Å². The van der Waals surface area contributed by atoms with Gasteiger partial charge < -0.3 is 10.1 Å². The Morgan fingerprint density at radius 3 is 2.50 bits per heavy atom. The molecule has 176 valence electrons. The molecule has 0 bridgehead atoms. The van der Waals surface area contributed by atoms with Gasteiger partial charge in [-0.3, -0.25) is 4.79 Å².